The van der Waals surface area contributed by atoms with Crippen LogP contribution in [0.1, 0.15) is 25.3 Å². The zero-order chi connectivity index (χ0) is 23.4. The van der Waals surface area contributed by atoms with Crippen molar-refractivity contribution in [3.05, 3.63) is 17.7 Å². The van der Waals surface area contributed by atoms with Crippen molar-refractivity contribution in [2.24, 2.45) is 11.8 Å². The minimum atomic E-state index is -2.04. The summed E-state index contributed by atoms with van der Waals surface area (Å²) in [6.45, 7) is 2.03. The fourth-order valence-corrected chi connectivity index (χ4v) is 6.86. The highest BCUT2D eigenvalue weighted by atomic mass is 16.7. The lowest BCUT2D eigenvalue weighted by Crippen LogP contribution is -2.74. The number of carbonyl (C=O) groups excluding carboxylic acids is 3. The predicted octanol–water partition coefficient (Wildman–Crippen LogP) is 0.188. The number of aliphatic hydroxyl groups is 1. The second-order valence-corrected chi connectivity index (χ2v) is 9.57. The van der Waals surface area contributed by atoms with Gasteiger partial charge in [-0.25, -0.2) is 0 Å². The fraction of sp³-hybridized carbons (Fsp3) is 0.609. The van der Waals surface area contributed by atoms with E-state index in [1.165, 1.54) is 19.1 Å². The number of fused-ring (bicyclic) bond motifs is 2. The lowest BCUT2D eigenvalue weighted by molar-refractivity contribution is -0.181. The Balaban J connectivity index is 1.70. The van der Waals surface area contributed by atoms with E-state index in [1.807, 2.05) is 0 Å². The van der Waals surface area contributed by atoms with Crippen molar-refractivity contribution in [1.29, 1.82) is 0 Å². The zero-order valence-corrected chi connectivity index (χ0v) is 18.9. The number of carbonyl (C=O) groups is 3. The molecule has 1 aromatic rings. The molecule has 0 aromatic heterocycles. The molecular formula is C23H26N2O8. The molecule has 4 bridgehead atoms. The molecule has 1 saturated carbocycles. The molecule has 10 nitrogen and oxygen atoms in total. The molecule has 7 atom stereocenters. The monoisotopic (exact) mass is 458 g/mol. The number of benzene rings is 1. The first kappa shape index (κ1) is 20.9. The van der Waals surface area contributed by atoms with Crippen LogP contribution >= 0.6 is 0 Å². The van der Waals surface area contributed by atoms with Crippen molar-refractivity contribution in [1.82, 2.24) is 4.90 Å². The summed E-state index contributed by atoms with van der Waals surface area (Å²) in [5.41, 5.74) is -2.73. The van der Waals surface area contributed by atoms with E-state index in [-0.39, 0.29) is 36.8 Å². The Labute approximate surface area is 190 Å². The summed E-state index contributed by atoms with van der Waals surface area (Å²) in [5.74, 6) is -1.49. The van der Waals surface area contributed by atoms with Gasteiger partial charge in [-0.15, -0.1) is 0 Å². The molecule has 1 spiro atoms. The topological polar surface area (TPSA) is 115 Å². The van der Waals surface area contributed by atoms with E-state index in [9.17, 15) is 19.5 Å². The number of ketones is 1. The predicted molar refractivity (Wildman–Crippen MR) is 112 cm³/mol. The van der Waals surface area contributed by atoms with Gasteiger partial charge in [-0.2, -0.15) is 0 Å². The first-order chi connectivity index (χ1) is 15.7. The summed E-state index contributed by atoms with van der Waals surface area (Å²) in [7, 11) is 4.50. The summed E-state index contributed by atoms with van der Waals surface area (Å²) in [6, 6.07) is 3.39. The highest BCUT2D eigenvalue weighted by molar-refractivity contribution is 6.11. The van der Waals surface area contributed by atoms with Gasteiger partial charge in [0.15, 0.2) is 23.0 Å². The Bertz CT molecular complexity index is 1110. The Morgan fingerprint density at radius 2 is 1.97 bits per heavy atom. The van der Waals surface area contributed by atoms with E-state index in [0.29, 0.717) is 17.0 Å². The van der Waals surface area contributed by atoms with Gasteiger partial charge in [0.05, 0.1) is 24.8 Å². The largest absolute Gasteiger partial charge is 0.493 e. The van der Waals surface area contributed by atoms with E-state index in [2.05, 4.69) is 0 Å². The van der Waals surface area contributed by atoms with Crippen LogP contribution in [-0.4, -0.2) is 79.6 Å². The number of nitrogens with zero attached hydrogens (tertiary/aromatic N) is 2. The SMILES string of the molecule is COc1ccc2c3c1O[C@H](OC)C(=O)N3[C@]1(O)[C@@H]3O[C@H](C)[C@@H]4C(=O)[C@]21CCN(C)C(=O)C[C@@H]43. The molecule has 0 unspecified atom stereocenters. The third-order valence-electron chi connectivity index (χ3n) is 8.32. The summed E-state index contributed by atoms with van der Waals surface area (Å²) in [5, 5.41) is 12.6. The first-order valence-corrected chi connectivity index (χ1v) is 11.1. The number of anilines is 1. The van der Waals surface area contributed by atoms with Gasteiger partial charge < -0.3 is 29.0 Å². The van der Waals surface area contributed by atoms with Crippen LogP contribution in [0.2, 0.25) is 0 Å². The van der Waals surface area contributed by atoms with Crippen LogP contribution in [0.5, 0.6) is 11.5 Å². The average molecular weight is 458 g/mol. The van der Waals surface area contributed by atoms with Crippen molar-refractivity contribution in [2.45, 2.75) is 49.4 Å². The van der Waals surface area contributed by atoms with Crippen LogP contribution in [0.4, 0.5) is 5.69 Å². The molecule has 33 heavy (non-hydrogen) atoms. The van der Waals surface area contributed by atoms with Gasteiger partial charge in [0.1, 0.15) is 11.5 Å². The Kier molecular flexibility index (Phi) is 4.09. The lowest BCUT2D eigenvalue weighted by atomic mass is 9.55. The van der Waals surface area contributed by atoms with Crippen molar-refractivity contribution in [2.75, 3.05) is 32.7 Å². The highest BCUT2D eigenvalue weighted by Crippen LogP contribution is 2.67. The summed E-state index contributed by atoms with van der Waals surface area (Å²) in [6.07, 6.45) is -2.57. The Hall–Kier alpha value is -2.69. The summed E-state index contributed by atoms with van der Waals surface area (Å²) < 4.78 is 22.8. The molecule has 1 aromatic carbocycles. The molecule has 5 aliphatic rings. The van der Waals surface area contributed by atoms with Crippen molar-refractivity contribution < 1.29 is 38.4 Å². The Morgan fingerprint density at radius 1 is 1.21 bits per heavy atom. The van der Waals surface area contributed by atoms with Gasteiger partial charge in [-0.05, 0) is 25.0 Å². The number of rotatable bonds is 2. The number of hydrogen-bond acceptors (Lipinski definition) is 8. The number of hydrogen-bond donors (Lipinski definition) is 1. The smallest absolute Gasteiger partial charge is 0.299 e. The van der Waals surface area contributed by atoms with Gasteiger partial charge in [-0.3, -0.25) is 19.3 Å². The van der Waals surface area contributed by atoms with Crippen LogP contribution < -0.4 is 14.4 Å². The minimum absolute atomic E-state index is 0.0546. The molecule has 1 N–H and O–H groups in total. The van der Waals surface area contributed by atoms with E-state index in [1.54, 1.807) is 31.0 Å². The van der Waals surface area contributed by atoms with Crippen molar-refractivity contribution >= 4 is 23.3 Å². The Morgan fingerprint density at radius 3 is 2.67 bits per heavy atom. The van der Waals surface area contributed by atoms with Gasteiger partial charge >= 0.3 is 0 Å². The average Bonchev–Trinajstić information content (AvgIpc) is 3.23. The van der Waals surface area contributed by atoms with Crippen LogP contribution in [-0.2, 0) is 29.3 Å². The molecule has 2 saturated heterocycles. The molecule has 4 aliphatic heterocycles. The maximum atomic E-state index is 14.4. The normalized spacial score (nSPS) is 40.8. The van der Waals surface area contributed by atoms with E-state index in [0.717, 1.165) is 0 Å². The maximum absolute atomic E-state index is 14.4. The van der Waals surface area contributed by atoms with Crippen LogP contribution in [0.25, 0.3) is 0 Å². The minimum Gasteiger partial charge on any atom is -0.493 e. The van der Waals surface area contributed by atoms with E-state index >= 15 is 0 Å². The van der Waals surface area contributed by atoms with Gasteiger partial charge in [0.25, 0.3) is 12.2 Å². The quantitative estimate of drug-likeness (QED) is 0.668. The molecule has 3 fully saturated rings. The number of Topliss-reactive ketones (excluding diaryl/α,β-unsaturated/α-hetero) is 1. The fourth-order valence-electron chi connectivity index (χ4n) is 6.86. The van der Waals surface area contributed by atoms with Gasteiger partial charge in [-0.1, -0.05) is 6.07 Å². The number of ether oxygens (including phenoxy) is 4. The highest BCUT2D eigenvalue weighted by Gasteiger charge is 2.80. The number of methoxy groups -OCH3 is 2. The molecular weight excluding hydrogens is 432 g/mol. The summed E-state index contributed by atoms with van der Waals surface area (Å²) in [4.78, 5) is 43.7. The van der Waals surface area contributed by atoms with Gasteiger partial charge in [0, 0.05) is 33.0 Å². The standard InChI is InChI=1S/C23H26N2O8/c1-10-15-11-9-14(26)24(2)8-7-22(18(15)27)12-5-6-13(30-3)17-16(12)25(20(28)21(31-4)33-17)23(22,29)19(11)32-10/h5-6,10-11,15,19,21,29H,7-9H2,1-4H3/t10-,11+,15+,19-,21+,22+,23+/m1/s1. The van der Waals surface area contributed by atoms with Gasteiger partial charge in [0.2, 0.25) is 5.91 Å². The summed E-state index contributed by atoms with van der Waals surface area (Å²) >= 11 is 0. The second-order valence-electron chi connectivity index (χ2n) is 9.57. The van der Waals surface area contributed by atoms with Crippen molar-refractivity contribution in [3.8, 4) is 11.5 Å². The second kappa shape index (κ2) is 6.46. The maximum Gasteiger partial charge on any atom is 0.299 e. The van der Waals surface area contributed by atoms with Crippen LogP contribution in [0.3, 0.4) is 0 Å². The first-order valence-electron chi connectivity index (χ1n) is 11.1. The van der Waals surface area contributed by atoms with Crippen LogP contribution in [0, 0.1) is 11.8 Å². The third kappa shape index (κ3) is 2.13. The molecule has 176 valence electrons. The molecule has 6 rings (SSSR count). The third-order valence-corrected chi connectivity index (χ3v) is 8.32. The molecule has 0 radical (unpaired) electrons. The van der Waals surface area contributed by atoms with Crippen LogP contribution in [0.15, 0.2) is 12.1 Å². The van der Waals surface area contributed by atoms with E-state index in [4.69, 9.17) is 18.9 Å². The lowest BCUT2D eigenvalue weighted by Gasteiger charge is -2.52. The molecule has 1 aliphatic carbocycles. The molecule has 2 amide bonds. The molecule has 4 heterocycles. The zero-order valence-electron chi connectivity index (χ0n) is 18.9. The van der Waals surface area contributed by atoms with Crippen molar-refractivity contribution in [3.63, 3.8) is 0 Å². The molecule has 10 heteroatoms. The van der Waals surface area contributed by atoms with E-state index < -0.39 is 47.4 Å². The number of amides is 2.